The Kier molecular flexibility index (Phi) is 3.11. The van der Waals surface area contributed by atoms with E-state index in [0.717, 1.165) is 22.1 Å². The third kappa shape index (κ3) is 2.20. The zero-order valence-corrected chi connectivity index (χ0v) is 13.0. The van der Waals surface area contributed by atoms with Crippen molar-refractivity contribution >= 4 is 21.6 Å². The fourth-order valence-electron chi connectivity index (χ4n) is 3.60. The Bertz CT molecular complexity index is 725. The van der Waals surface area contributed by atoms with Crippen LogP contribution in [-0.2, 0) is 0 Å². The summed E-state index contributed by atoms with van der Waals surface area (Å²) in [7, 11) is 0. The van der Waals surface area contributed by atoms with E-state index in [1.165, 1.54) is 11.6 Å². The molecule has 0 aromatic heterocycles. The first-order valence-corrected chi connectivity index (χ1v) is 8.00. The van der Waals surface area contributed by atoms with Crippen molar-refractivity contribution in [3.63, 3.8) is 0 Å². The Morgan fingerprint density at radius 3 is 2.90 bits per heavy atom. The van der Waals surface area contributed by atoms with Crippen LogP contribution in [0.5, 0.6) is 0 Å². The minimum absolute atomic E-state index is 0.161. The second-order valence-corrected chi connectivity index (χ2v) is 6.68. The average molecular weight is 344 g/mol. The van der Waals surface area contributed by atoms with Crippen LogP contribution in [0.2, 0.25) is 0 Å². The first-order chi connectivity index (χ1) is 10.2. The molecule has 4 rings (SSSR count). The molecule has 1 heterocycles. The molecule has 3 heteroatoms. The van der Waals surface area contributed by atoms with Crippen LogP contribution >= 0.6 is 15.9 Å². The molecule has 0 saturated heterocycles. The lowest BCUT2D eigenvalue weighted by Gasteiger charge is -2.37. The van der Waals surface area contributed by atoms with Gasteiger partial charge < -0.3 is 5.32 Å². The van der Waals surface area contributed by atoms with E-state index < -0.39 is 0 Å². The lowest BCUT2D eigenvalue weighted by Crippen LogP contribution is -2.29. The van der Waals surface area contributed by atoms with Crippen molar-refractivity contribution in [2.24, 2.45) is 5.92 Å². The van der Waals surface area contributed by atoms with E-state index in [1.807, 2.05) is 12.1 Å². The van der Waals surface area contributed by atoms with Gasteiger partial charge in [0, 0.05) is 16.1 Å². The third-order valence-electron chi connectivity index (χ3n) is 4.53. The van der Waals surface area contributed by atoms with E-state index >= 15 is 0 Å². The summed E-state index contributed by atoms with van der Waals surface area (Å²) in [5, 5.41) is 3.61. The molecule has 0 amide bonds. The van der Waals surface area contributed by atoms with Crippen molar-refractivity contribution in [3.8, 4) is 0 Å². The maximum atomic E-state index is 13.6. The summed E-state index contributed by atoms with van der Waals surface area (Å²) < 4.78 is 14.7. The van der Waals surface area contributed by atoms with Crippen molar-refractivity contribution in [2.75, 3.05) is 5.32 Å². The van der Waals surface area contributed by atoms with Gasteiger partial charge in [-0.1, -0.05) is 40.2 Å². The Morgan fingerprint density at radius 2 is 2.05 bits per heavy atom. The van der Waals surface area contributed by atoms with E-state index in [1.54, 1.807) is 12.1 Å². The molecule has 0 bridgehead atoms. The lowest BCUT2D eigenvalue weighted by molar-refractivity contribution is 0.424. The molecule has 1 aliphatic carbocycles. The van der Waals surface area contributed by atoms with E-state index in [-0.39, 0.29) is 11.9 Å². The molecule has 0 spiro atoms. The van der Waals surface area contributed by atoms with Crippen LogP contribution < -0.4 is 5.32 Å². The predicted molar refractivity (Wildman–Crippen MR) is 86.9 cm³/mol. The maximum Gasteiger partial charge on any atom is 0.123 e. The lowest BCUT2D eigenvalue weighted by atomic mass is 9.77. The standard InChI is InChI=1S/C18H15BrFN/c19-12-7-8-17-16(10-12)14-5-2-6-15(14)18(21-17)11-3-1-4-13(20)9-11/h1-5,7-10,14-15,18,21H,6H2/t14-,15-,18+/m1/s1. The monoisotopic (exact) mass is 343 g/mol. The molecule has 1 nitrogen and oxygen atoms in total. The van der Waals surface area contributed by atoms with Crippen LogP contribution in [0.1, 0.15) is 29.5 Å². The fourth-order valence-corrected chi connectivity index (χ4v) is 3.97. The number of rotatable bonds is 1. The number of hydrogen-bond acceptors (Lipinski definition) is 1. The Morgan fingerprint density at radius 1 is 1.14 bits per heavy atom. The second kappa shape index (κ2) is 4.99. The zero-order chi connectivity index (χ0) is 14.4. The average Bonchev–Trinajstić information content (AvgIpc) is 2.96. The molecule has 106 valence electrons. The summed E-state index contributed by atoms with van der Waals surface area (Å²) >= 11 is 3.56. The number of allylic oxidation sites excluding steroid dienone is 2. The number of hydrogen-bond donors (Lipinski definition) is 1. The van der Waals surface area contributed by atoms with Gasteiger partial charge in [0.1, 0.15) is 5.82 Å². The molecule has 0 radical (unpaired) electrons. The van der Waals surface area contributed by atoms with E-state index in [2.05, 4.69) is 45.5 Å². The van der Waals surface area contributed by atoms with Crippen molar-refractivity contribution < 1.29 is 4.39 Å². The molecule has 0 fully saturated rings. The van der Waals surface area contributed by atoms with Crippen molar-refractivity contribution in [1.29, 1.82) is 0 Å². The number of nitrogens with one attached hydrogen (secondary N) is 1. The minimum Gasteiger partial charge on any atom is -0.378 e. The van der Waals surface area contributed by atoms with Gasteiger partial charge in [-0.3, -0.25) is 0 Å². The Labute approximate surface area is 132 Å². The van der Waals surface area contributed by atoms with Crippen LogP contribution in [0.4, 0.5) is 10.1 Å². The van der Waals surface area contributed by atoms with Crippen molar-refractivity contribution in [3.05, 3.63) is 76.0 Å². The van der Waals surface area contributed by atoms with Gasteiger partial charge in [0.25, 0.3) is 0 Å². The van der Waals surface area contributed by atoms with Crippen LogP contribution in [0, 0.1) is 11.7 Å². The van der Waals surface area contributed by atoms with Gasteiger partial charge >= 0.3 is 0 Å². The summed E-state index contributed by atoms with van der Waals surface area (Å²) in [6.45, 7) is 0. The topological polar surface area (TPSA) is 12.0 Å². The number of benzene rings is 2. The molecule has 0 unspecified atom stereocenters. The third-order valence-corrected chi connectivity index (χ3v) is 5.03. The molecule has 21 heavy (non-hydrogen) atoms. The number of anilines is 1. The Balaban J connectivity index is 1.80. The van der Waals surface area contributed by atoms with Gasteiger partial charge in [-0.25, -0.2) is 4.39 Å². The molecule has 2 aliphatic rings. The van der Waals surface area contributed by atoms with Gasteiger partial charge in [-0.05, 0) is 53.8 Å². The fraction of sp³-hybridized carbons (Fsp3) is 0.222. The maximum absolute atomic E-state index is 13.6. The molecular weight excluding hydrogens is 329 g/mol. The summed E-state index contributed by atoms with van der Waals surface area (Å²) in [5.41, 5.74) is 3.51. The Hall–Kier alpha value is -1.61. The van der Waals surface area contributed by atoms with Gasteiger partial charge in [0.15, 0.2) is 0 Å². The largest absolute Gasteiger partial charge is 0.378 e. The highest BCUT2D eigenvalue weighted by molar-refractivity contribution is 9.10. The summed E-state index contributed by atoms with van der Waals surface area (Å²) in [6.07, 6.45) is 5.58. The van der Waals surface area contributed by atoms with Gasteiger partial charge in [-0.15, -0.1) is 0 Å². The molecule has 2 aromatic rings. The van der Waals surface area contributed by atoms with Gasteiger partial charge in [-0.2, -0.15) is 0 Å². The molecule has 3 atom stereocenters. The van der Waals surface area contributed by atoms with E-state index in [0.29, 0.717) is 11.8 Å². The molecular formula is C18H15BrFN. The summed E-state index contributed by atoms with van der Waals surface area (Å²) in [4.78, 5) is 0. The minimum atomic E-state index is -0.168. The highest BCUT2D eigenvalue weighted by Gasteiger charge is 2.37. The van der Waals surface area contributed by atoms with E-state index in [9.17, 15) is 4.39 Å². The van der Waals surface area contributed by atoms with Crippen molar-refractivity contribution in [2.45, 2.75) is 18.4 Å². The summed E-state index contributed by atoms with van der Waals surface area (Å²) in [6, 6.07) is 13.5. The first kappa shape index (κ1) is 13.1. The number of halogens is 2. The highest BCUT2D eigenvalue weighted by Crippen LogP contribution is 2.50. The first-order valence-electron chi connectivity index (χ1n) is 7.20. The normalized spacial score (nSPS) is 26.1. The molecule has 2 aromatic carbocycles. The highest BCUT2D eigenvalue weighted by atomic mass is 79.9. The van der Waals surface area contributed by atoms with Gasteiger partial charge in [0.05, 0.1) is 6.04 Å². The molecule has 1 aliphatic heterocycles. The smallest absolute Gasteiger partial charge is 0.123 e. The molecule has 0 saturated carbocycles. The SMILES string of the molecule is Fc1cccc([C@@H]2Nc3ccc(Br)cc3[C@@H]3C=CC[C@H]32)c1. The number of fused-ring (bicyclic) bond motifs is 3. The van der Waals surface area contributed by atoms with Crippen LogP contribution in [-0.4, -0.2) is 0 Å². The van der Waals surface area contributed by atoms with Crippen LogP contribution in [0.3, 0.4) is 0 Å². The van der Waals surface area contributed by atoms with Crippen LogP contribution in [0.25, 0.3) is 0 Å². The predicted octanol–water partition coefficient (Wildman–Crippen LogP) is 5.41. The van der Waals surface area contributed by atoms with Crippen LogP contribution in [0.15, 0.2) is 59.1 Å². The van der Waals surface area contributed by atoms with Gasteiger partial charge in [0.2, 0.25) is 0 Å². The summed E-state index contributed by atoms with van der Waals surface area (Å²) in [5.74, 6) is 0.694. The second-order valence-electron chi connectivity index (χ2n) is 5.76. The molecule has 1 N–H and O–H groups in total. The van der Waals surface area contributed by atoms with E-state index in [4.69, 9.17) is 0 Å². The zero-order valence-electron chi connectivity index (χ0n) is 11.4. The quantitative estimate of drug-likeness (QED) is 0.682. The van der Waals surface area contributed by atoms with Crippen molar-refractivity contribution in [1.82, 2.24) is 0 Å².